The van der Waals surface area contributed by atoms with Gasteiger partial charge in [0.15, 0.2) is 0 Å². The Bertz CT molecular complexity index is 945. The van der Waals surface area contributed by atoms with Crippen LogP contribution in [0.3, 0.4) is 0 Å². The molecule has 0 spiro atoms. The topological polar surface area (TPSA) is 34.0 Å². The van der Waals surface area contributed by atoms with E-state index in [1.807, 2.05) is 0 Å². The van der Waals surface area contributed by atoms with Gasteiger partial charge in [-0.05, 0) is 61.6 Å². The van der Waals surface area contributed by atoms with Gasteiger partial charge in [-0.15, -0.1) is 0 Å². The molecule has 2 aromatic carbocycles. The third-order valence-electron chi connectivity index (χ3n) is 6.83. The second-order valence-corrected chi connectivity index (χ2v) is 8.47. The molecule has 3 nitrogen and oxygen atoms in total. The number of ether oxygens (including phenoxy) is 1. The molecule has 0 aromatic heterocycles. The largest absolute Gasteiger partial charge is 0.473 e. The van der Waals surface area contributed by atoms with Crippen molar-refractivity contribution in [2.24, 2.45) is 21.8 Å². The zero-order valence-electron chi connectivity index (χ0n) is 16.8. The number of rotatable bonds is 4. The Hall–Kier alpha value is -2.42. The average molecular weight is 373 g/mol. The lowest BCUT2D eigenvalue weighted by Crippen LogP contribution is -2.25. The molecule has 0 N–H and O–H groups in total. The maximum Gasteiger partial charge on any atom is 0.217 e. The van der Waals surface area contributed by atoms with Gasteiger partial charge in [0.2, 0.25) is 5.90 Å². The molecule has 5 rings (SSSR count). The standard InChI is InChI=1S/C25H28N2O/c1-3-17-8-4-6-10-21(17)16(2)26-23-13-20-12-19(23)14-24(20)27-25-22-11-7-5-9-18(22)15-28-25/h4-11,19-20,23-24H,3,12-15H2,1-2H3/b26-16+,27-25-/t19?,20?,23-,24-/m0/s1. The van der Waals surface area contributed by atoms with Gasteiger partial charge in [-0.3, -0.25) is 4.99 Å². The van der Waals surface area contributed by atoms with Crippen molar-refractivity contribution < 1.29 is 4.74 Å². The van der Waals surface area contributed by atoms with Crippen LogP contribution < -0.4 is 0 Å². The molecule has 28 heavy (non-hydrogen) atoms. The lowest BCUT2D eigenvalue weighted by atomic mass is 9.91. The predicted molar refractivity (Wildman–Crippen MR) is 114 cm³/mol. The van der Waals surface area contributed by atoms with E-state index < -0.39 is 0 Å². The highest BCUT2D eigenvalue weighted by Crippen LogP contribution is 2.48. The first-order valence-corrected chi connectivity index (χ1v) is 10.6. The van der Waals surface area contributed by atoms with E-state index in [9.17, 15) is 0 Å². The predicted octanol–water partition coefficient (Wildman–Crippen LogP) is 5.20. The summed E-state index contributed by atoms with van der Waals surface area (Å²) in [7, 11) is 0. The van der Waals surface area contributed by atoms with Crippen molar-refractivity contribution in [2.45, 2.75) is 58.2 Å². The van der Waals surface area contributed by atoms with Crippen molar-refractivity contribution in [3.8, 4) is 0 Å². The van der Waals surface area contributed by atoms with E-state index >= 15 is 0 Å². The molecule has 2 fully saturated rings. The third-order valence-corrected chi connectivity index (χ3v) is 6.83. The molecule has 4 atom stereocenters. The Kier molecular flexibility index (Phi) is 4.54. The van der Waals surface area contributed by atoms with Crippen LogP contribution in [0.2, 0.25) is 0 Å². The fraction of sp³-hybridized carbons (Fsp3) is 0.440. The first-order valence-electron chi connectivity index (χ1n) is 10.6. The van der Waals surface area contributed by atoms with Crippen molar-refractivity contribution in [1.29, 1.82) is 0 Å². The summed E-state index contributed by atoms with van der Waals surface area (Å²) in [6.45, 7) is 5.07. The summed E-state index contributed by atoms with van der Waals surface area (Å²) in [5.74, 6) is 2.18. The Morgan fingerprint density at radius 3 is 2.54 bits per heavy atom. The SMILES string of the molecule is CCc1ccccc1/C(C)=N/[C@H]1CC2CC1C[C@@H]2/N=C1\OCc2ccccc21. The van der Waals surface area contributed by atoms with Gasteiger partial charge in [-0.1, -0.05) is 49.4 Å². The van der Waals surface area contributed by atoms with E-state index in [-0.39, 0.29) is 0 Å². The third kappa shape index (κ3) is 3.07. The molecule has 1 heterocycles. The van der Waals surface area contributed by atoms with Crippen molar-refractivity contribution in [1.82, 2.24) is 0 Å². The second kappa shape index (κ2) is 7.20. The van der Waals surface area contributed by atoms with Gasteiger partial charge in [-0.2, -0.15) is 0 Å². The normalized spacial score (nSPS) is 29.9. The van der Waals surface area contributed by atoms with Crippen molar-refractivity contribution in [3.05, 3.63) is 70.8 Å². The van der Waals surface area contributed by atoms with Crippen LogP contribution >= 0.6 is 0 Å². The van der Waals surface area contributed by atoms with Gasteiger partial charge in [0, 0.05) is 16.8 Å². The molecule has 2 aliphatic carbocycles. The summed E-state index contributed by atoms with van der Waals surface area (Å²) < 4.78 is 5.89. The van der Waals surface area contributed by atoms with Gasteiger partial charge in [0.05, 0.1) is 12.1 Å². The molecule has 144 valence electrons. The number of nitrogens with zero attached hydrogens (tertiary/aromatic N) is 2. The molecule has 1 aliphatic heterocycles. The van der Waals surface area contributed by atoms with E-state index in [1.165, 1.54) is 40.8 Å². The minimum atomic E-state index is 0.404. The van der Waals surface area contributed by atoms with E-state index in [0.717, 1.165) is 18.7 Å². The zero-order valence-corrected chi connectivity index (χ0v) is 16.8. The number of aliphatic imine (C=N–C) groups is 2. The Morgan fingerprint density at radius 2 is 1.71 bits per heavy atom. The van der Waals surface area contributed by atoms with Crippen LogP contribution in [0.25, 0.3) is 0 Å². The van der Waals surface area contributed by atoms with Gasteiger partial charge in [0.1, 0.15) is 6.61 Å². The van der Waals surface area contributed by atoms with Crippen LogP contribution in [0.4, 0.5) is 0 Å². The zero-order chi connectivity index (χ0) is 19.1. The molecule has 0 amide bonds. The fourth-order valence-corrected chi connectivity index (χ4v) is 5.37. The first-order chi connectivity index (χ1) is 13.7. The Morgan fingerprint density at radius 1 is 0.964 bits per heavy atom. The van der Waals surface area contributed by atoms with E-state index in [0.29, 0.717) is 30.5 Å². The molecule has 3 heteroatoms. The summed E-state index contributed by atoms with van der Waals surface area (Å²) in [5, 5.41) is 0. The van der Waals surface area contributed by atoms with Crippen LogP contribution in [-0.4, -0.2) is 23.7 Å². The minimum Gasteiger partial charge on any atom is -0.473 e. The van der Waals surface area contributed by atoms with Crippen LogP contribution in [0, 0.1) is 11.8 Å². The van der Waals surface area contributed by atoms with Gasteiger partial charge >= 0.3 is 0 Å². The van der Waals surface area contributed by atoms with Gasteiger partial charge in [0.25, 0.3) is 0 Å². The molecule has 2 aromatic rings. The summed E-state index contributed by atoms with van der Waals surface area (Å²) in [4.78, 5) is 10.2. The molecule has 2 saturated carbocycles. The molecule has 2 unspecified atom stereocenters. The highest BCUT2D eigenvalue weighted by molar-refractivity contribution is 6.00. The van der Waals surface area contributed by atoms with Crippen LogP contribution in [0.5, 0.6) is 0 Å². The van der Waals surface area contributed by atoms with E-state index in [2.05, 4.69) is 62.4 Å². The van der Waals surface area contributed by atoms with Crippen molar-refractivity contribution in [3.63, 3.8) is 0 Å². The van der Waals surface area contributed by atoms with Crippen molar-refractivity contribution >= 4 is 11.6 Å². The molecular weight excluding hydrogens is 344 g/mol. The monoisotopic (exact) mass is 372 g/mol. The number of aryl methyl sites for hydroxylation is 1. The van der Waals surface area contributed by atoms with Gasteiger partial charge < -0.3 is 4.74 Å². The minimum absolute atomic E-state index is 0.404. The molecule has 3 aliphatic rings. The van der Waals surface area contributed by atoms with Gasteiger partial charge in [-0.25, -0.2) is 4.99 Å². The summed E-state index contributed by atoms with van der Waals surface area (Å²) in [6, 6.07) is 18.0. The van der Waals surface area contributed by atoms with E-state index in [1.54, 1.807) is 0 Å². The lowest BCUT2D eigenvalue weighted by Gasteiger charge is -2.24. The Balaban J connectivity index is 1.31. The summed E-state index contributed by atoms with van der Waals surface area (Å²) in [5.41, 5.74) is 6.36. The quantitative estimate of drug-likeness (QED) is 0.679. The number of hydrogen-bond acceptors (Lipinski definition) is 3. The van der Waals surface area contributed by atoms with Crippen LogP contribution in [-0.2, 0) is 17.8 Å². The van der Waals surface area contributed by atoms with Crippen molar-refractivity contribution in [2.75, 3.05) is 0 Å². The lowest BCUT2D eigenvalue weighted by molar-refractivity contribution is 0.303. The highest BCUT2D eigenvalue weighted by atomic mass is 16.5. The fourth-order valence-electron chi connectivity index (χ4n) is 5.37. The number of hydrogen-bond donors (Lipinski definition) is 0. The van der Waals surface area contributed by atoms with E-state index in [4.69, 9.17) is 14.7 Å². The molecule has 2 bridgehead atoms. The van der Waals surface area contributed by atoms with Crippen LogP contribution in [0.1, 0.15) is 55.4 Å². The Labute approximate surface area is 167 Å². The molecular formula is C25H28N2O. The highest BCUT2D eigenvalue weighted by Gasteiger charge is 2.46. The smallest absolute Gasteiger partial charge is 0.217 e. The number of benzene rings is 2. The average Bonchev–Trinajstić information content (AvgIpc) is 3.43. The maximum absolute atomic E-state index is 5.89. The molecule has 0 saturated heterocycles. The number of fused-ring (bicyclic) bond motifs is 3. The maximum atomic E-state index is 5.89. The summed E-state index contributed by atoms with van der Waals surface area (Å²) in [6.07, 6.45) is 4.64. The molecule has 0 radical (unpaired) electrons. The first kappa shape index (κ1) is 17.7. The van der Waals surface area contributed by atoms with Crippen LogP contribution in [0.15, 0.2) is 58.5 Å². The second-order valence-electron chi connectivity index (χ2n) is 8.47. The summed E-state index contributed by atoms with van der Waals surface area (Å²) >= 11 is 0.